The van der Waals surface area contributed by atoms with Gasteiger partial charge in [0.1, 0.15) is 11.6 Å². The minimum Gasteiger partial charge on any atom is -0.508 e. The molecule has 0 aliphatic carbocycles. The smallest absolute Gasteiger partial charge is 0.336 e. The first-order valence-corrected chi connectivity index (χ1v) is 7.92. The van der Waals surface area contributed by atoms with Crippen LogP contribution in [0.4, 0.5) is 5.82 Å². The first kappa shape index (κ1) is 17.5. The normalized spacial score (nSPS) is 16.1. The van der Waals surface area contributed by atoms with E-state index in [9.17, 15) is 19.5 Å². The number of aromatic hydroxyl groups is 1. The molecule has 0 unspecified atom stereocenters. The van der Waals surface area contributed by atoms with Crippen molar-refractivity contribution in [2.24, 2.45) is 14.1 Å². The highest BCUT2D eigenvalue weighted by Crippen LogP contribution is 2.40. The first-order valence-electron chi connectivity index (χ1n) is 7.92. The molecule has 8 heteroatoms. The van der Waals surface area contributed by atoms with Crippen molar-refractivity contribution in [2.75, 3.05) is 12.4 Å². The summed E-state index contributed by atoms with van der Waals surface area (Å²) in [6.07, 6.45) is 0. The van der Waals surface area contributed by atoms with Gasteiger partial charge in [-0.2, -0.15) is 0 Å². The Labute approximate surface area is 149 Å². The monoisotopic (exact) mass is 357 g/mol. The molecule has 0 spiro atoms. The number of benzene rings is 1. The summed E-state index contributed by atoms with van der Waals surface area (Å²) in [6.45, 7) is 1.69. The van der Waals surface area contributed by atoms with Gasteiger partial charge in [0, 0.05) is 19.8 Å². The number of hydrogen-bond acceptors (Lipinski definition) is 6. The maximum absolute atomic E-state index is 12.9. The van der Waals surface area contributed by atoms with Gasteiger partial charge in [0.25, 0.3) is 5.56 Å². The van der Waals surface area contributed by atoms with Crippen LogP contribution >= 0.6 is 0 Å². The molecule has 0 amide bonds. The fraction of sp³-hybridized carbons (Fsp3) is 0.278. The molecule has 8 nitrogen and oxygen atoms in total. The number of methoxy groups -OCH3 is 1. The summed E-state index contributed by atoms with van der Waals surface area (Å²) >= 11 is 0. The molecule has 1 aromatic carbocycles. The zero-order valence-electron chi connectivity index (χ0n) is 14.9. The Morgan fingerprint density at radius 3 is 2.35 bits per heavy atom. The van der Waals surface area contributed by atoms with Gasteiger partial charge in [-0.25, -0.2) is 9.59 Å². The van der Waals surface area contributed by atoms with Gasteiger partial charge in [-0.05, 0) is 24.6 Å². The maximum Gasteiger partial charge on any atom is 0.336 e. The molecule has 2 N–H and O–H groups in total. The molecular weight excluding hydrogens is 338 g/mol. The van der Waals surface area contributed by atoms with Gasteiger partial charge < -0.3 is 15.2 Å². The van der Waals surface area contributed by atoms with E-state index in [1.165, 1.54) is 30.9 Å². The number of nitrogens with one attached hydrogen (secondary N) is 1. The number of carbonyl (C=O) groups excluding carboxylic acids is 1. The largest absolute Gasteiger partial charge is 0.508 e. The summed E-state index contributed by atoms with van der Waals surface area (Å²) in [5, 5.41) is 12.6. The van der Waals surface area contributed by atoms with Gasteiger partial charge >= 0.3 is 11.7 Å². The molecule has 1 aliphatic heterocycles. The van der Waals surface area contributed by atoms with Crippen LogP contribution in [0.3, 0.4) is 0 Å². The maximum atomic E-state index is 12.9. The lowest BCUT2D eigenvalue weighted by molar-refractivity contribution is -0.136. The SMILES string of the molecule is COC(=O)C1=C(C)Nc2c(c(=O)n(C)c(=O)n2C)[C@H]1c1ccc(O)cc1. The van der Waals surface area contributed by atoms with Gasteiger partial charge in [-0.15, -0.1) is 0 Å². The second-order valence-electron chi connectivity index (χ2n) is 6.15. The van der Waals surface area contributed by atoms with Crippen molar-refractivity contribution < 1.29 is 14.6 Å². The Balaban J connectivity index is 2.41. The average molecular weight is 357 g/mol. The number of rotatable bonds is 2. The van der Waals surface area contributed by atoms with Crippen LogP contribution in [0.25, 0.3) is 0 Å². The van der Waals surface area contributed by atoms with E-state index in [0.717, 1.165) is 4.57 Å². The van der Waals surface area contributed by atoms with Crippen molar-refractivity contribution in [3.63, 3.8) is 0 Å². The number of hydrogen-bond donors (Lipinski definition) is 2. The number of anilines is 1. The van der Waals surface area contributed by atoms with Crippen molar-refractivity contribution in [3.8, 4) is 5.75 Å². The summed E-state index contributed by atoms with van der Waals surface area (Å²) in [6, 6.07) is 6.23. The number of allylic oxidation sites excluding steroid dienone is 1. The van der Waals surface area contributed by atoms with E-state index in [2.05, 4.69) is 5.32 Å². The van der Waals surface area contributed by atoms with Crippen LogP contribution < -0.4 is 16.6 Å². The number of carbonyl (C=O) groups is 1. The van der Waals surface area contributed by atoms with E-state index in [4.69, 9.17) is 4.74 Å². The van der Waals surface area contributed by atoms with E-state index in [-0.39, 0.29) is 16.9 Å². The van der Waals surface area contributed by atoms with Crippen LogP contribution in [0, 0.1) is 0 Å². The lowest BCUT2D eigenvalue weighted by Crippen LogP contribution is -2.43. The van der Waals surface area contributed by atoms with Crippen LogP contribution in [0.5, 0.6) is 5.75 Å². The Kier molecular flexibility index (Phi) is 4.19. The van der Waals surface area contributed by atoms with E-state index in [0.29, 0.717) is 17.1 Å². The van der Waals surface area contributed by atoms with Gasteiger partial charge in [0.15, 0.2) is 0 Å². The number of phenols is 1. The van der Waals surface area contributed by atoms with Gasteiger partial charge in [-0.3, -0.25) is 13.9 Å². The number of ether oxygens (including phenoxy) is 1. The molecule has 1 aliphatic rings. The number of fused-ring (bicyclic) bond motifs is 1. The first-order chi connectivity index (χ1) is 12.3. The summed E-state index contributed by atoms with van der Waals surface area (Å²) in [4.78, 5) is 37.6. The molecule has 2 aromatic rings. The van der Waals surface area contributed by atoms with E-state index in [1.807, 2.05) is 0 Å². The number of nitrogens with zero attached hydrogens (tertiary/aromatic N) is 2. The quantitative estimate of drug-likeness (QED) is 0.771. The predicted molar refractivity (Wildman–Crippen MR) is 95.2 cm³/mol. The molecule has 3 rings (SSSR count). The fourth-order valence-electron chi connectivity index (χ4n) is 3.27. The van der Waals surface area contributed by atoms with Crippen molar-refractivity contribution in [3.05, 3.63) is 67.5 Å². The number of esters is 1. The van der Waals surface area contributed by atoms with Crippen LogP contribution in [0.1, 0.15) is 24.0 Å². The van der Waals surface area contributed by atoms with Gasteiger partial charge in [0.05, 0.1) is 24.2 Å². The van der Waals surface area contributed by atoms with Crippen LogP contribution in [-0.2, 0) is 23.6 Å². The molecule has 136 valence electrons. The predicted octanol–water partition coefficient (Wildman–Crippen LogP) is 0.794. The standard InChI is InChI=1S/C18H19N3O5/c1-9-12(17(24)26-4)13(10-5-7-11(22)8-6-10)14-15(19-9)20(2)18(25)21(3)16(14)23/h5-8,13,19,22H,1-4H3/t13-/m0/s1. The molecule has 0 saturated heterocycles. The second kappa shape index (κ2) is 6.21. The topological polar surface area (TPSA) is 103 Å². The molecule has 1 aromatic heterocycles. The second-order valence-corrected chi connectivity index (χ2v) is 6.15. The highest BCUT2D eigenvalue weighted by Gasteiger charge is 2.37. The van der Waals surface area contributed by atoms with Crippen molar-refractivity contribution in [1.82, 2.24) is 9.13 Å². The van der Waals surface area contributed by atoms with Gasteiger partial charge in [0.2, 0.25) is 0 Å². The van der Waals surface area contributed by atoms with E-state index >= 15 is 0 Å². The van der Waals surface area contributed by atoms with Crippen molar-refractivity contribution in [2.45, 2.75) is 12.8 Å². The fourth-order valence-corrected chi connectivity index (χ4v) is 3.27. The van der Waals surface area contributed by atoms with Crippen molar-refractivity contribution in [1.29, 1.82) is 0 Å². The lowest BCUT2D eigenvalue weighted by atomic mass is 9.82. The summed E-state index contributed by atoms with van der Waals surface area (Å²) < 4.78 is 7.25. The summed E-state index contributed by atoms with van der Waals surface area (Å²) in [5.41, 5.74) is 0.696. The minimum absolute atomic E-state index is 0.0663. The third kappa shape index (κ3) is 2.50. The third-order valence-corrected chi connectivity index (χ3v) is 4.62. The van der Waals surface area contributed by atoms with Crippen LogP contribution in [-0.4, -0.2) is 27.3 Å². The zero-order chi connectivity index (χ0) is 19.2. The van der Waals surface area contributed by atoms with E-state index in [1.54, 1.807) is 26.1 Å². The Morgan fingerprint density at radius 1 is 1.15 bits per heavy atom. The molecule has 0 saturated carbocycles. The molecule has 2 heterocycles. The number of aromatic nitrogens is 2. The molecule has 26 heavy (non-hydrogen) atoms. The lowest BCUT2D eigenvalue weighted by Gasteiger charge is -2.30. The minimum atomic E-state index is -0.732. The van der Waals surface area contributed by atoms with Crippen molar-refractivity contribution >= 4 is 11.8 Å². The van der Waals surface area contributed by atoms with E-state index < -0.39 is 23.1 Å². The van der Waals surface area contributed by atoms with Gasteiger partial charge in [-0.1, -0.05) is 12.1 Å². The van der Waals surface area contributed by atoms with Crippen LogP contribution in [0.15, 0.2) is 45.1 Å². The highest BCUT2D eigenvalue weighted by molar-refractivity contribution is 5.94. The average Bonchev–Trinajstić information content (AvgIpc) is 2.63. The molecule has 0 bridgehead atoms. The number of phenolic OH excluding ortho intramolecular Hbond substituents is 1. The Hall–Kier alpha value is -3.29. The molecular formula is C18H19N3O5. The Morgan fingerprint density at radius 2 is 1.77 bits per heavy atom. The summed E-state index contributed by atoms with van der Waals surface area (Å²) in [7, 11) is 4.21. The molecule has 0 fully saturated rings. The zero-order valence-corrected chi connectivity index (χ0v) is 14.9. The highest BCUT2D eigenvalue weighted by atomic mass is 16.5. The molecule has 1 atom stereocenters. The summed E-state index contributed by atoms with van der Waals surface area (Å²) in [5.74, 6) is -0.905. The third-order valence-electron chi connectivity index (χ3n) is 4.62. The Bertz CT molecular complexity index is 1040. The molecule has 0 radical (unpaired) electrons. The van der Waals surface area contributed by atoms with Crippen LogP contribution in [0.2, 0.25) is 0 Å².